The predicted molar refractivity (Wildman–Crippen MR) is 61.8 cm³/mol. The average molecular weight is 239 g/mol. The molecule has 0 aliphatic rings. The van der Waals surface area contributed by atoms with Crippen LogP contribution in [0.25, 0.3) is 10.4 Å². The monoisotopic (exact) mass is 238 g/mol. The van der Waals surface area contributed by atoms with Crippen molar-refractivity contribution in [1.29, 1.82) is 0 Å². The molecule has 1 aromatic carbocycles. The van der Waals surface area contributed by atoms with Gasteiger partial charge in [0.1, 0.15) is 5.75 Å². The second-order valence-corrected chi connectivity index (χ2v) is 4.51. The summed E-state index contributed by atoms with van der Waals surface area (Å²) >= 11 is 7.08. The van der Waals surface area contributed by atoms with E-state index in [2.05, 4.69) is 0 Å². The van der Waals surface area contributed by atoms with Gasteiger partial charge < -0.3 is 5.11 Å². The maximum absolute atomic E-state index is 10.5. The summed E-state index contributed by atoms with van der Waals surface area (Å²) < 4.78 is 0. The number of halogens is 1. The average Bonchev–Trinajstić information content (AvgIpc) is 2.70. The molecule has 0 amide bonds. The minimum atomic E-state index is 0.0511. The molecule has 0 bridgehead atoms. The minimum Gasteiger partial charge on any atom is -0.506 e. The number of aldehydes is 1. The van der Waals surface area contributed by atoms with Crippen LogP contribution in [-0.4, -0.2) is 11.4 Å². The summed E-state index contributed by atoms with van der Waals surface area (Å²) in [6.07, 6.45) is 0.809. The van der Waals surface area contributed by atoms with E-state index < -0.39 is 0 Å². The maximum atomic E-state index is 10.5. The van der Waals surface area contributed by atoms with Gasteiger partial charge in [-0.15, -0.1) is 11.3 Å². The molecule has 76 valence electrons. The smallest absolute Gasteiger partial charge is 0.160 e. The molecule has 0 atom stereocenters. The van der Waals surface area contributed by atoms with Gasteiger partial charge in [0.25, 0.3) is 0 Å². The predicted octanol–water partition coefficient (Wildman–Crippen LogP) is 3.59. The van der Waals surface area contributed by atoms with E-state index in [9.17, 15) is 9.90 Å². The van der Waals surface area contributed by atoms with Crippen molar-refractivity contribution >= 4 is 29.2 Å². The van der Waals surface area contributed by atoms with E-state index in [4.69, 9.17) is 11.6 Å². The molecule has 0 fully saturated rings. The first-order valence-corrected chi connectivity index (χ1v) is 5.44. The number of hydrogen-bond donors (Lipinski definition) is 1. The maximum Gasteiger partial charge on any atom is 0.160 e. The molecular formula is C11H7ClO2S. The van der Waals surface area contributed by atoms with Crippen LogP contribution in [0, 0.1) is 0 Å². The van der Waals surface area contributed by atoms with Gasteiger partial charge in [-0.05, 0) is 29.8 Å². The van der Waals surface area contributed by atoms with E-state index in [0.717, 1.165) is 16.7 Å². The molecule has 1 aromatic heterocycles. The van der Waals surface area contributed by atoms with Gasteiger partial charge in [-0.2, -0.15) is 0 Å². The highest BCUT2D eigenvalue weighted by atomic mass is 35.5. The molecule has 0 saturated carbocycles. The van der Waals surface area contributed by atoms with Gasteiger partial charge in [-0.3, -0.25) is 4.79 Å². The molecular weight excluding hydrogens is 232 g/mol. The molecule has 0 unspecified atom stereocenters. The van der Waals surface area contributed by atoms with Gasteiger partial charge in [-0.25, -0.2) is 0 Å². The molecule has 0 spiro atoms. The first-order chi connectivity index (χ1) is 7.20. The van der Waals surface area contributed by atoms with Crippen molar-refractivity contribution in [2.75, 3.05) is 0 Å². The lowest BCUT2D eigenvalue weighted by Gasteiger charge is -1.99. The summed E-state index contributed by atoms with van der Waals surface area (Å²) in [5.74, 6) is 0.0511. The second kappa shape index (κ2) is 4.04. The van der Waals surface area contributed by atoms with Crippen molar-refractivity contribution in [1.82, 2.24) is 0 Å². The van der Waals surface area contributed by atoms with Gasteiger partial charge >= 0.3 is 0 Å². The molecule has 4 heteroatoms. The molecule has 2 rings (SSSR count). The van der Waals surface area contributed by atoms with E-state index in [1.54, 1.807) is 18.2 Å². The van der Waals surface area contributed by atoms with Gasteiger partial charge in [-0.1, -0.05) is 17.7 Å². The van der Waals surface area contributed by atoms with Gasteiger partial charge in [0.05, 0.1) is 9.90 Å². The Balaban J connectivity index is 2.44. The van der Waals surface area contributed by atoms with E-state index in [1.807, 2.05) is 12.1 Å². The number of carbonyl (C=O) groups excluding carboxylic acids is 1. The minimum absolute atomic E-state index is 0.0511. The SMILES string of the molecule is O=Cc1ccc(-c2ccc(Cl)c(O)c2)s1. The number of phenolic OH excluding ortho intramolecular Hbond substituents is 1. The zero-order valence-corrected chi connectivity index (χ0v) is 9.18. The molecule has 1 N–H and O–H groups in total. The van der Waals surface area contributed by atoms with Crippen LogP contribution in [0.1, 0.15) is 9.67 Å². The van der Waals surface area contributed by atoms with Crippen LogP contribution in [0.5, 0.6) is 5.75 Å². The van der Waals surface area contributed by atoms with E-state index in [0.29, 0.717) is 9.90 Å². The Morgan fingerprint density at radius 2 is 2.07 bits per heavy atom. The van der Waals surface area contributed by atoms with Crippen molar-refractivity contribution in [3.05, 3.63) is 40.2 Å². The van der Waals surface area contributed by atoms with Crippen LogP contribution in [-0.2, 0) is 0 Å². The summed E-state index contributed by atoms with van der Waals surface area (Å²) in [5.41, 5.74) is 0.856. The topological polar surface area (TPSA) is 37.3 Å². The fraction of sp³-hybridized carbons (Fsp3) is 0. The van der Waals surface area contributed by atoms with Crippen molar-refractivity contribution < 1.29 is 9.90 Å². The fourth-order valence-corrected chi connectivity index (χ4v) is 2.17. The molecule has 2 aromatic rings. The highest BCUT2D eigenvalue weighted by Crippen LogP contribution is 2.32. The number of benzene rings is 1. The molecule has 0 aliphatic heterocycles. The highest BCUT2D eigenvalue weighted by Gasteiger charge is 2.05. The number of carbonyl (C=O) groups is 1. The Morgan fingerprint density at radius 3 is 2.67 bits per heavy atom. The summed E-state index contributed by atoms with van der Waals surface area (Å²) in [7, 11) is 0. The largest absolute Gasteiger partial charge is 0.506 e. The highest BCUT2D eigenvalue weighted by molar-refractivity contribution is 7.17. The summed E-state index contributed by atoms with van der Waals surface area (Å²) in [6.45, 7) is 0. The Hall–Kier alpha value is -1.32. The lowest BCUT2D eigenvalue weighted by molar-refractivity contribution is 0.112. The van der Waals surface area contributed by atoms with E-state index in [-0.39, 0.29) is 5.75 Å². The Bertz CT molecular complexity index is 505. The number of thiophene rings is 1. The number of phenols is 1. The summed E-state index contributed by atoms with van der Waals surface area (Å²) in [4.78, 5) is 12.1. The summed E-state index contributed by atoms with van der Waals surface area (Å²) in [5, 5.41) is 9.75. The second-order valence-electron chi connectivity index (χ2n) is 2.99. The third-order valence-corrected chi connectivity index (χ3v) is 3.35. The Kier molecular flexibility index (Phi) is 2.75. The molecule has 1 heterocycles. The molecule has 0 saturated heterocycles. The number of aromatic hydroxyl groups is 1. The third kappa shape index (κ3) is 2.03. The first-order valence-electron chi connectivity index (χ1n) is 4.24. The zero-order chi connectivity index (χ0) is 10.8. The number of rotatable bonds is 2. The van der Waals surface area contributed by atoms with Crippen molar-refractivity contribution in [3.63, 3.8) is 0 Å². The fourth-order valence-electron chi connectivity index (χ4n) is 1.24. The lowest BCUT2D eigenvalue weighted by atomic mass is 10.2. The Morgan fingerprint density at radius 1 is 1.27 bits per heavy atom. The van der Waals surface area contributed by atoms with Crippen molar-refractivity contribution in [2.45, 2.75) is 0 Å². The first kappa shape index (κ1) is 10.2. The van der Waals surface area contributed by atoms with Crippen LogP contribution in [0.15, 0.2) is 30.3 Å². The zero-order valence-electron chi connectivity index (χ0n) is 7.61. The van der Waals surface area contributed by atoms with Gasteiger partial charge in [0.15, 0.2) is 6.29 Å². The van der Waals surface area contributed by atoms with E-state index in [1.165, 1.54) is 11.3 Å². The van der Waals surface area contributed by atoms with Crippen LogP contribution >= 0.6 is 22.9 Å². The number of hydrogen-bond acceptors (Lipinski definition) is 3. The molecule has 15 heavy (non-hydrogen) atoms. The standard InChI is InChI=1S/C11H7ClO2S/c12-9-3-1-7(5-10(9)14)11-4-2-8(6-13)15-11/h1-6,14H. The van der Waals surface area contributed by atoms with Gasteiger partial charge in [0.2, 0.25) is 0 Å². The third-order valence-electron chi connectivity index (χ3n) is 1.97. The van der Waals surface area contributed by atoms with Crippen molar-refractivity contribution in [2.24, 2.45) is 0 Å². The van der Waals surface area contributed by atoms with Crippen LogP contribution in [0.2, 0.25) is 5.02 Å². The van der Waals surface area contributed by atoms with E-state index >= 15 is 0 Å². The van der Waals surface area contributed by atoms with Crippen LogP contribution in [0.3, 0.4) is 0 Å². The lowest BCUT2D eigenvalue weighted by Crippen LogP contribution is -1.73. The Labute approximate surface area is 95.8 Å². The normalized spacial score (nSPS) is 10.2. The van der Waals surface area contributed by atoms with Crippen molar-refractivity contribution in [3.8, 4) is 16.2 Å². The quantitative estimate of drug-likeness (QED) is 0.812. The summed E-state index contributed by atoms with van der Waals surface area (Å²) in [6, 6.07) is 8.62. The van der Waals surface area contributed by atoms with Gasteiger partial charge in [0, 0.05) is 4.88 Å². The molecule has 0 aliphatic carbocycles. The van der Waals surface area contributed by atoms with Crippen LogP contribution < -0.4 is 0 Å². The van der Waals surface area contributed by atoms with Crippen LogP contribution in [0.4, 0.5) is 0 Å². The molecule has 2 nitrogen and oxygen atoms in total. The molecule has 0 radical (unpaired) electrons.